The Bertz CT molecular complexity index is 845. The number of ether oxygens (including phenoxy) is 1. The van der Waals surface area contributed by atoms with E-state index in [1.807, 2.05) is 31.2 Å². The molecule has 0 aliphatic heterocycles. The first-order valence-corrected chi connectivity index (χ1v) is 7.57. The van der Waals surface area contributed by atoms with E-state index in [9.17, 15) is 4.79 Å². The minimum absolute atomic E-state index is 0.00139. The molecule has 0 aromatic heterocycles. The maximum absolute atomic E-state index is 12.4. The van der Waals surface area contributed by atoms with Crippen LogP contribution in [-0.4, -0.2) is 12.6 Å². The predicted molar refractivity (Wildman–Crippen MR) is 94.1 cm³/mol. The average molecular weight is 317 g/mol. The molecule has 3 nitrogen and oxygen atoms in total. The third-order valence-corrected chi connectivity index (χ3v) is 3.66. The summed E-state index contributed by atoms with van der Waals surface area (Å²) >= 11 is 0. The van der Waals surface area contributed by atoms with Gasteiger partial charge in [0.25, 0.3) is 6.79 Å². The molecule has 0 bridgehead atoms. The quantitative estimate of drug-likeness (QED) is 0.485. The first-order valence-electron chi connectivity index (χ1n) is 7.57. The van der Waals surface area contributed by atoms with Gasteiger partial charge in [0.15, 0.2) is 5.78 Å². The van der Waals surface area contributed by atoms with Gasteiger partial charge in [0.05, 0.1) is 0 Å². The Morgan fingerprint density at radius 3 is 1.75 bits per heavy atom. The molecular formula is C21H17O3+. The lowest BCUT2D eigenvalue weighted by atomic mass is 10.0. The molecule has 0 heterocycles. The molecule has 0 saturated heterocycles. The molecule has 0 aliphatic carbocycles. The summed E-state index contributed by atoms with van der Waals surface area (Å²) in [5.41, 5.74) is 2.44. The van der Waals surface area contributed by atoms with Crippen molar-refractivity contribution in [2.45, 2.75) is 6.92 Å². The lowest BCUT2D eigenvalue weighted by Gasteiger charge is -2.06. The van der Waals surface area contributed by atoms with Crippen molar-refractivity contribution in [3.63, 3.8) is 0 Å². The summed E-state index contributed by atoms with van der Waals surface area (Å²) in [7, 11) is 0. The highest BCUT2D eigenvalue weighted by Crippen LogP contribution is 2.24. The number of aryl methyl sites for hydroxylation is 1. The second-order valence-corrected chi connectivity index (χ2v) is 5.44. The third-order valence-electron chi connectivity index (χ3n) is 3.66. The molecule has 0 spiro atoms. The zero-order valence-electron chi connectivity index (χ0n) is 13.4. The minimum Gasteiger partial charge on any atom is -0.457 e. The second kappa shape index (κ2) is 6.92. The second-order valence-electron chi connectivity index (χ2n) is 5.44. The summed E-state index contributed by atoms with van der Waals surface area (Å²) in [5.74, 6) is 2.02. The van der Waals surface area contributed by atoms with Crippen molar-refractivity contribution in [2.75, 3.05) is 0 Å². The van der Waals surface area contributed by atoms with Gasteiger partial charge in [-0.15, -0.1) is 0 Å². The lowest BCUT2D eigenvalue weighted by molar-refractivity contribution is -0.354. The van der Waals surface area contributed by atoms with Crippen LogP contribution < -0.4 is 4.74 Å². The number of hydrogen-bond acceptors (Lipinski definition) is 2. The van der Waals surface area contributed by atoms with Gasteiger partial charge in [-0.25, -0.2) is 4.42 Å². The van der Waals surface area contributed by atoms with Crippen LogP contribution in [-0.2, 0) is 4.42 Å². The van der Waals surface area contributed by atoms with E-state index >= 15 is 0 Å². The van der Waals surface area contributed by atoms with Crippen LogP contribution in [0.2, 0.25) is 0 Å². The van der Waals surface area contributed by atoms with Crippen LogP contribution in [0.3, 0.4) is 0 Å². The van der Waals surface area contributed by atoms with Crippen molar-refractivity contribution >= 4 is 12.6 Å². The molecule has 0 radical (unpaired) electrons. The third kappa shape index (κ3) is 3.58. The molecule has 3 aromatic rings. The standard InChI is InChI=1S/C21H17O3/c1-15-3-5-16(6-4-15)21(22)17-7-9-19(10-8-17)24-20-13-11-18(23-2)12-14-20/h3-14H,2H2,1H3/q+1. The topological polar surface area (TPSA) is 37.6 Å². The summed E-state index contributed by atoms with van der Waals surface area (Å²) in [6.07, 6.45) is 0. The molecule has 3 rings (SSSR count). The van der Waals surface area contributed by atoms with Crippen molar-refractivity contribution in [1.82, 2.24) is 0 Å². The lowest BCUT2D eigenvalue weighted by Crippen LogP contribution is -2.00. The van der Waals surface area contributed by atoms with Gasteiger partial charge in [-0.05, 0) is 43.3 Å². The maximum Gasteiger partial charge on any atom is 0.351 e. The van der Waals surface area contributed by atoms with E-state index in [4.69, 9.17) is 9.16 Å². The fourth-order valence-electron chi connectivity index (χ4n) is 2.29. The molecule has 0 aliphatic rings. The van der Waals surface area contributed by atoms with E-state index in [0.29, 0.717) is 28.4 Å². The van der Waals surface area contributed by atoms with Gasteiger partial charge in [0, 0.05) is 23.3 Å². The first-order chi connectivity index (χ1) is 11.7. The van der Waals surface area contributed by atoms with Gasteiger partial charge < -0.3 is 4.74 Å². The van der Waals surface area contributed by atoms with E-state index in [2.05, 4.69) is 6.79 Å². The summed E-state index contributed by atoms with van der Waals surface area (Å²) in [6, 6.07) is 21.8. The van der Waals surface area contributed by atoms with E-state index in [1.54, 1.807) is 48.5 Å². The smallest absolute Gasteiger partial charge is 0.351 e. The summed E-state index contributed by atoms with van der Waals surface area (Å²) in [4.78, 5) is 12.4. The fourth-order valence-corrected chi connectivity index (χ4v) is 2.29. The largest absolute Gasteiger partial charge is 0.457 e. The number of benzene rings is 3. The summed E-state index contributed by atoms with van der Waals surface area (Å²) in [6.45, 7) is 5.35. The van der Waals surface area contributed by atoms with Crippen molar-refractivity contribution in [1.29, 1.82) is 0 Å². The Labute approximate surface area is 140 Å². The van der Waals surface area contributed by atoms with Crippen LogP contribution >= 0.6 is 0 Å². The average Bonchev–Trinajstić information content (AvgIpc) is 2.63. The first kappa shape index (κ1) is 15.7. The van der Waals surface area contributed by atoms with Crippen LogP contribution in [0.4, 0.5) is 0 Å². The van der Waals surface area contributed by atoms with Crippen LogP contribution in [0.5, 0.6) is 17.2 Å². The number of carbonyl (C=O) groups excluding carboxylic acids is 2. The van der Waals surface area contributed by atoms with Crippen molar-refractivity contribution < 1.29 is 14.0 Å². The SMILES string of the molecule is C=[O+]c1ccc(Oc2ccc(C(=O)c3ccc(C)cc3)cc2)cc1. The molecular weight excluding hydrogens is 300 g/mol. The zero-order chi connectivity index (χ0) is 16.9. The molecule has 3 heteroatoms. The molecule has 0 N–H and O–H groups in total. The monoisotopic (exact) mass is 317 g/mol. The summed E-state index contributed by atoms with van der Waals surface area (Å²) < 4.78 is 10.6. The summed E-state index contributed by atoms with van der Waals surface area (Å²) in [5, 5.41) is 0. The Morgan fingerprint density at radius 1 is 0.792 bits per heavy atom. The number of ketones is 1. The number of rotatable bonds is 5. The van der Waals surface area contributed by atoms with Crippen molar-refractivity contribution in [2.24, 2.45) is 0 Å². The van der Waals surface area contributed by atoms with Crippen molar-refractivity contribution in [3.8, 4) is 17.2 Å². The molecule has 0 amide bonds. The highest BCUT2D eigenvalue weighted by atomic mass is 16.5. The van der Waals surface area contributed by atoms with Crippen LogP contribution in [0.1, 0.15) is 21.5 Å². The molecule has 118 valence electrons. The van der Waals surface area contributed by atoms with Gasteiger partial charge in [-0.3, -0.25) is 4.79 Å². The maximum atomic E-state index is 12.4. The van der Waals surface area contributed by atoms with Crippen LogP contribution in [0.15, 0.2) is 72.8 Å². The van der Waals surface area contributed by atoms with Gasteiger partial charge in [-0.2, -0.15) is 0 Å². The molecule has 3 aromatic carbocycles. The normalized spacial score (nSPS) is 10.2. The number of hydrogen-bond donors (Lipinski definition) is 0. The predicted octanol–water partition coefficient (Wildman–Crippen LogP) is 5.10. The molecule has 24 heavy (non-hydrogen) atoms. The van der Waals surface area contributed by atoms with Crippen LogP contribution in [0.25, 0.3) is 0 Å². The highest BCUT2D eigenvalue weighted by Gasteiger charge is 2.09. The fraction of sp³-hybridized carbons (Fsp3) is 0.0476. The molecule has 0 fully saturated rings. The molecule has 0 saturated carbocycles. The van der Waals surface area contributed by atoms with Crippen LogP contribution in [0, 0.1) is 6.92 Å². The Kier molecular flexibility index (Phi) is 4.52. The van der Waals surface area contributed by atoms with E-state index in [1.165, 1.54) is 0 Å². The molecule has 0 unspecified atom stereocenters. The van der Waals surface area contributed by atoms with Crippen molar-refractivity contribution in [3.05, 3.63) is 89.5 Å². The van der Waals surface area contributed by atoms with E-state index in [0.717, 1.165) is 5.56 Å². The Morgan fingerprint density at radius 2 is 1.25 bits per heavy atom. The van der Waals surface area contributed by atoms with Gasteiger partial charge in [-0.1, -0.05) is 29.8 Å². The zero-order valence-corrected chi connectivity index (χ0v) is 13.4. The van der Waals surface area contributed by atoms with Gasteiger partial charge >= 0.3 is 5.75 Å². The highest BCUT2D eigenvalue weighted by molar-refractivity contribution is 6.09. The Hall–Kier alpha value is -3.20. The number of carbonyl (C=O) groups is 1. The van der Waals surface area contributed by atoms with Gasteiger partial charge in [0.2, 0.25) is 0 Å². The minimum atomic E-state index is -0.00139. The van der Waals surface area contributed by atoms with E-state index in [-0.39, 0.29) is 5.78 Å². The van der Waals surface area contributed by atoms with Gasteiger partial charge in [0.1, 0.15) is 11.5 Å². The molecule has 0 atom stereocenters. The van der Waals surface area contributed by atoms with E-state index < -0.39 is 0 Å². The Balaban J connectivity index is 1.73.